The van der Waals surface area contributed by atoms with Gasteiger partial charge in [-0.05, 0) is 43.2 Å². The van der Waals surface area contributed by atoms with Gasteiger partial charge in [-0.2, -0.15) is 0 Å². The van der Waals surface area contributed by atoms with Gasteiger partial charge in [-0.15, -0.1) is 0 Å². The SMILES string of the molecule is CC1CCN(C(=O)COC(=O)c2cnc3ccccc3n2)C2CCCCC12. The smallest absolute Gasteiger partial charge is 0.359 e. The van der Waals surface area contributed by atoms with Crippen molar-refractivity contribution in [3.05, 3.63) is 36.2 Å². The van der Waals surface area contributed by atoms with Crippen molar-refractivity contribution in [1.82, 2.24) is 14.9 Å². The molecule has 2 aromatic rings. The number of aromatic nitrogens is 2. The zero-order chi connectivity index (χ0) is 18.8. The van der Waals surface area contributed by atoms with Crippen LogP contribution >= 0.6 is 0 Å². The van der Waals surface area contributed by atoms with Gasteiger partial charge in [0.25, 0.3) is 5.91 Å². The van der Waals surface area contributed by atoms with Crippen molar-refractivity contribution in [2.24, 2.45) is 11.8 Å². The summed E-state index contributed by atoms with van der Waals surface area (Å²) in [6.07, 6.45) is 7.10. The summed E-state index contributed by atoms with van der Waals surface area (Å²) in [5.41, 5.74) is 1.48. The molecule has 3 atom stereocenters. The predicted molar refractivity (Wildman–Crippen MR) is 101 cm³/mol. The van der Waals surface area contributed by atoms with Crippen LogP contribution in [-0.2, 0) is 9.53 Å². The minimum atomic E-state index is -0.604. The van der Waals surface area contributed by atoms with Crippen molar-refractivity contribution < 1.29 is 14.3 Å². The Morgan fingerprint density at radius 3 is 2.78 bits per heavy atom. The summed E-state index contributed by atoms with van der Waals surface area (Å²) < 4.78 is 5.27. The van der Waals surface area contributed by atoms with Gasteiger partial charge < -0.3 is 9.64 Å². The Morgan fingerprint density at radius 1 is 1.15 bits per heavy atom. The monoisotopic (exact) mass is 367 g/mol. The number of piperidine rings is 1. The van der Waals surface area contributed by atoms with Crippen molar-refractivity contribution >= 4 is 22.9 Å². The fourth-order valence-corrected chi connectivity index (χ4v) is 4.56. The highest BCUT2D eigenvalue weighted by Crippen LogP contribution is 2.38. The Bertz CT molecular complexity index is 853. The van der Waals surface area contributed by atoms with Crippen LogP contribution in [0.1, 0.15) is 49.5 Å². The molecule has 27 heavy (non-hydrogen) atoms. The Morgan fingerprint density at radius 2 is 1.93 bits per heavy atom. The topological polar surface area (TPSA) is 72.4 Å². The molecule has 142 valence electrons. The predicted octanol–water partition coefficient (Wildman–Crippen LogP) is 3.21. The molecular weight excluding hydrogens is 342 g/mol. The summed E-state index contributed by atoms with van der Waals surface area (Å²) in [5, 5.41) is 0. The molecule has 0 N–H and O–H groups in total. The molecule has 4 rings (SSSR count). The standard InChI is InChI=1S/C21H25N3O3/c1-14-10-11-24(19-9-5-2-6-15(14)19)20(25)13-27-21(26)18-12-22-16-7-3-4-8-17(16)23-18/h3-4,7-8,12,14-15,19H,2,5-6,9-11,13H2,1H3. The molecule has 1 saturated carbocycles. The van der Waals surface area contributed by atoms with Gasteiger partial charge in [0.2, 0.25) is 0 Å². The van der Waals surface area contributed by atoms with Crippen molar-refractivity contribution in [2.45, 2.75) is 45.1 Å². The molecule has 0 radical (unpaired) electrons. The van der Waals surface area contributed by atoms with E-state index in [1.807, 2.05) is 23.1 Å². The molecule has 0 spiro atoms. The van der Waals surface area contributed by atoms with Gasteiger partial charge >= 0.3 is 5.97 Å². The quantitative estimate of drug-likeness (QED) is 0.779. The third kappa shape index (κ3) is 3.66. The van der Waals surface area contributed by atoms with Crippen LogP contribution in [0.15, 0.2) is 30.5 Å². The molecule has 1 aliphatic carbocycles. The Hall–Kier alpha value is -2.50. The fraction of sp³-hybridized carbons (Fsp3) is 0.524. The van der Waals surface area contributed by atoms with Crippen molar-refractivity contribution in [3.8, 4) is 0 Å². The second-order valence-corrected chi connectivity index (χ2v) is 7.69. The minimum Gasteiger partial charge on any atom is -0.451 e. The zero-order valence-electron chi connectivity index (χ0n) is 15.6. The molecule has 2 aliphatic rings. The van der Waals surface area contributed by atoms with Gasteiger partial charge in [-0.1, -0.05) is 31.9 Å². The number of hydrogen-bond donors (Lipinski definition) is 0. The highest BCUT2D eigenvalue weighted by Gasteiger charge is 2.39. The fourth-order valence-electron chi connectivity index (χ4n) is 4.56. The lowest BCUT2D eigenvalue weighted by molar-refractivity contribution is -0.142. The maximum atomic E-state index is 12.7. The maximum absolute atomic E-state index is 12.7. The molecule has 1 saturated heterocycles. The first-order valence-corrected chi connectivity index (χ1v) is 9.82. The van der Waals surface area contributed by atoms with E-state index < -0.39 is 5.97 Å². The van der Waals surface area contributed by atoms with Gasteiger partial charge in [0.1, 0.15) is 0 Å². The van der Waals surface area contributed by atoms with Gasteiger partial charge in [-0.25, -0.2) is 9.78 Å². The van der Waals surface area contributed by atoms with E-state index in [2.05, 4.69) is 16.9 Å². The van der Waals surface area contributed by atoms with Crippen LogP contribution in [0.3, 0.4) is 0 Å². The van der Waals surface area contributed by atoms with Gasteiger partial charge in [0.15, 0.2) is 12.3 Å². The van der Waals surface area contributed by atoms with E-state index in [1.165, 1.54) is 25.5 Å². The number of ether oxygens (including phenoxy) is 1. The summed E-state index contributed by atoms with van der Waals surface area (Å²) in [4.78, 5) is 35.5. The Balaban J connectivity index is 1.40. The number of esters is 1. The molecule has 2 heterocycles. The van der Waals surface area contributed by atoms with Crippen molar-refractivity contribution in [1.29, 1.82) is 0 Å². The second kappa shape index (κ2) is 7.62. The van der Waals surface area contributed by atoms with Gasteiger partial charge in [-0.3, -0.25) is 9.78 Å². The third-order valence-electron chi connectivity index (χ3n) is 6.04. The largest absolute Gasteiger partial charge is 0.451 e. The van der Waals surface area contributed by atoms with Crippen LogP contribution in [0.5, 0.6) is 0 Å². The average Bonchev–Trinajstić information content (AvgIpc) is 2.72. The first-order chi connectivity index (χ1) is 13.1. The molecule has 6 heteroatoms. The molecule has 2 fully saturated rings. The minimum absolute atomic E-state index is 0.0964. The number of fused-ring (bicyclic) bond motifs is 2. The number of amides is 1. The first kappa shape index (κ1) is 17.9. The lowest BCUT2D eigenvalue weighted by Gasteiger charge is -2.47. The van der Waals surface area contributed by atoms with Crippen LogP contribution < -0.4 is 0 Å². The summed E-state index contributed by atoms with van der Waals surface area (Å²) in [6, 6.07) is 7.63. The number of carbonyl (C=O) groups is 2. The van der Waals surface area contributed by atoms with Crippen LogP contribution in [0, 0.1) is 11.8 Å². The van der Waals surface area contributed by atoms with E-state index >= 15 is 0 Å². The highest BCUT2D eigenvalue weighted by molar-refractivity contribution is 5.91. The normalized spacial score (nSPS) is 25.1. The Kier molecular flexibility index (Phi) is 5.05. The number of carbonyl (C=O) groups excluding carboxylic acids is 2. The van der Waals surface area contributed by atoms with E-state index in [9.17, 15) is 9.59 Å². The summed E-state index contributed by atoms with van der Waals surface area (Å²) in [7, 11) is 0. The molecule has 1 amide bonds. The molecule has 1 aromatic heterocycles. The molecule has 1 aliphatic heterocycles. The number of nitrogens with zero attached hydrogens (tertiary/aromatic N) is 3. The lowest BCUT2D eigenvalue weighted by atomic mass is 9.72. The first-order valence-electron chi connectivity index (χ1n) is 9.82. The van der Waals surface area contributed by atoms with Gasteiger partial charge in [0, 0.05) is 12.6 Å². The molecule has 3 unspecified atom stereocenters. The van der Waals surface area contributed by atoms with Crippen LogP contribution in [0.4, 0.5) is 0 Å². The number of likely N-dealkylation sites (tertiary alicyclic amines) is 1. The van der Waals surface area contributed by atoms with Crippen molar-refractivity contribution in [2.75, 3.05) is 13.2 Å². The van der Waals surface area contributed by atoms with E-state index in [0.29, 0.717) is 23.4 Å². The maximum Gasteiger partial charge on any atom is 0.359 e. The lowest BCUT2D eigenvalue weighted by Crippen LogP contribution is -2.53. The summed E-state index contributed by atoms with van der Waals surface area (Å²) >= 11 is 0. The summed E-state index contributed by atoms with van der Waals surface area (Å²) in [6.45, 7) is 2.82. The van der Waals surface area contributed by atoms with Crippen LogP contribution in [0.25, 0.3) is 11.0 Å². The second-order valence-electron chi connectivity index (χ2n) is 7.69. The Labute approximate surface area is 158 Å². The van der Waals surface area contributed by atoms with E-state index in [-0.39, 0.29) is 18.2 Å². The van der Waals surface area contributed by atoms with Crippen LogP contribution in [0.2, 0.25) is 0 Å². The van der Waals surface area contributed by atoms with E-state index in [0.717, 1.165) is 24.9 Å². The zero-order valence-corrected chi connectivity index (χ0v) is 15.6. The molecule has 0 bridgehead atoms. The number of para-hydroxylation sites is 2. The van der Waals surface area contributed by atoms with Crippen molar-refractivity contribution in [3.63, 3.8) is 0 Å². The average molecular weight is 367 g/mol. The number of rotatable bonds is 3. The summed E-state index contributed by atoms with van der Waals surface area (Å²) in [5.74, 6) is 0.543. The number of benzene rings is 1. The molecule has 6 nitrogen and oxygen atoms in total. The molecular formula is C21H25N3O3. The highest BCUT2D eigenvalue weighted by atomic mass is 16.5. The van der Waals surface area contributed by atoms with Crippen LogP contribution in [-0.4, -0.2) is 45.9 Å². The third-order valence-corrected chi connectivity index (χ3v) is 6.04. The van der Waals surface area contributed by atoms with E-state index in [1.54, 1.807) is 6.07 Å². The van der Waals surface area contributed by atoms with E-state index in [4.69, 9.17) is 4.74 Å². The van der Waals surface area contributed by atoms with Gasteiger partial charge in [0.05, 0.1) is 17.2 Å². The molecule has 1 aromatic carbocycles. The number of hydrogen-bond acceptors (Lipinski definition) is 5.